The van der Waals surface area contributed by atoms with Gasteiger partial charge in [-0.05, 0) is 56.2 Å². The van der Waals surface area contributed by atoms with Gasteiger partial charge in [0.05, 0.1) is 22.8 Å². The molecule has 1 heterocycles. The van der Waals surface area contributed by atoms with Crippen LogP contribution in [0.5, 0.6) is 0 Å². The van der Waals surface area contributed by atoms with E-state index < -0.39 is 0 Å². The van der Waals surface area contributed by atoms with Crippen molar-refractivity contribution in [3.05, 3.63) is 58.4 Å². The lowest BCUT2D eigenvalue weighted by molar-refractivity contribution is -0.113. The van der Waals surface area contributed by atoms with E-state index in [9.17, 15) is 4.79 Å². The van der Waals surface area contributed by atoms with Gasteiger partial charge in [-0.1, -0.05) is 35.5 Å². The van der Waals surface area contributed by atoms with Gasteiger partial charge in [0.2, 0.25) is 5.91 Å². The third-order valence-electron chi connectivity index (χ3n) is 4.45. The molecule has 0 radical (unpaired) electrons. The minimum Gasteiger partial charge on any atom is -0.376 e. The van der Waals surface area contributed by atoms with Gasteiger partial charge < -0.3 is 10.2 Å². The molecule has 3 aromatic rings. The van der Waals surface area contributed by atoms with Crippen molar-refractivity contribution in [1.29, 1.82) is 0 Å². The van der Waals surface area contributed by atoms with E-state index >= 15 is 0 Å². The fourth-order valence-corrected chi connectivity index (χ4v) is 3.95. The average Bonchev–Trinajstić information content (AvgIpc) is 3.02. The number of carbonyl (C=O) groups is 1. The van der Waals surface area contributed by atoms with E-state index in [2.05, 4.69) is 47.6 Å². The Morgan fingerprint density at radius 1 is 1.14 bits per heavy atom. The number of hydrogen-bond acceptors (Lipinski definition) is 5. The van der Waals surface area contributed by atoms with Crippen LogP contribution in [-0.4, -0.2) is 40.5 Å². The first-order valence-corrected chi connectivity index (χ1v) is 10.5. The summed E-state index contributed by atoms with van der Waals surface area (Å²) >= 11 is 7.45. The summed E-state index contributed by atoms with van der Waals surface area (Å²) in [6.45, 7) is 6.02. The van der Waals surface area contributed by atoms with E-state index in [4.69, 9.17) is 11.6 Å². The van der Waals surface area contributed by atoms with Gasteiger partial charge in [-0.25, -0.2) is 0 Å². The van der Waals surface area contributed by atoms with Crippen LogP contribution in [0.4, 0.5) is 11.4 Å². The molecule has 0 aliphatic heterocycles. The molecule has 0 saturated heterocycles. The monoisotopic (exact) mass is 429 g/mol. The molecule has 0 bridgehead atoms. The van der Waals surface area contributed by atoms with Crippen molar-refractivity contribution in [2.24, 2.45) is 0 Å². The van der Waals surface area contributed by atoms with Crippen molar-refractivity contribution in [2.45, 2.75) is 25.9 Å². The largest absolute Gasteiger partial charge is 0.376 e. The normalized spacial score (nSPS) is 10.8. The van der Waals surface area contributed by atoms with Gasteiger partial charge in [-0.2, -0.15) is 0 Å². The van der Waals surface area contributed by atoms with E-state index in [1.807, 2.05) is 36.6 Å². The van der Waals surface area contributed by atoms with Crippen molar-refractivity contribution >= 4 is 40.6 Å². The van der Waals surface area contributed by atoms with Crippen LogP contribution in [0.15, 0.2) is 41.6 Å². The van der Waals surface area contributed by atoms with Crippen LogP contribution in [-0.2, 0) is 4.79 Å². The lowest BCUT2D eigenvalue weighted by atomic mass is 10.1. The Hall–Kier alpha value is -2.51. The molecule has 0 aliphatic carbocycles. The summed E-state index contributed by atoms with van der Waals surface area (Å²) in [5, 5.41) is 12.7. The van der Waals surface area contributed by atoms with Gasteiger partial charge in [0, 0.05) is 19.1 Å². The quantitative estimate of drug-likeness (QED) is 0.578. The molecule has 0 atom stereocenters. The molecule has 1 aromatic heterocycles. The molecule has 1 N–H and O–H groups in total. The average molecular weight is 430 g/mol. The van der Waals surface area contributed by atoms with Gasteiger partial charge in [-0.3, -0.25) is 9.36 Å². The zero-order valence-electron chi connectivity index (χ0n) is 17.2. The molecule has 3 rings (SSSR count). The first-order valence-electron chi connectivity index (χ1n) is 9.15. The molecule has 1 amide bonds. The standard InChI is InChI=1S/C21H24ClN5OS/c1-13-6-7-14(2)19(10-13)27-15(3)24-25-21(27)29-12-20(28)23-17-11-16(22)8-9-18(17)26(4)5/h6-11H,12H2,1-5H3,(H,23,28). The van der Waals surface area contributed by atoms with Crippen LogP contribution in [0.3, 0.4) is 0 Å². The Bertz CT molecular complexity index is 1050. The molecule has 8 heteroatoms. The number of amides is 1. The number of rotatable bonds is 6. The molecule has 6 nitrogen and oxygen atoms in total. The lowest BCUT2D eigenvalue weighted by Crippen LogP contribution is -2.18. The van der Waals surface area contributed by atoms with Crippen molar-refractivity contribution in [1.82, 2.24) is 14.8 Å². The third-order valence-corrected chi connectivity index (χ3v) is 5.61. The zero-order chi connectivity index (χ0) is 21.1. The number of carbonyl (C=O) groups excluding carboxylic acids is 1. The van der Waals surface area contributed by atoms with Gasteiger partial charge in [0.1, 0.15) is 5.82 Å². The predicted octanol–water partition coefficient (Wildman–Crippen LogP) is 4.64. The molecule has 152 valence electrons. The highest BCUT2D eigenvalue weighted by molar-refractivity contribution is 7.99. The van der Waals surface area contributed by atoms with Crippen LogP contribution in [0, 0.1) is 20.8 Å². The number of aromatic nitrogens is 3. The van der Waals surface area contributed by atoms with Crippen molar-refractivity contribution in [2.75, 3.05) is 30.1 Å². The number of hydrogen-bond donors (Lipinski definition) is 1. The highest BCUT2D eigenvalue weighted by Crippen LogP contribution is 2.29. The lowest BCUT2D eigenvalue weighted by Gasteiger charge is -2.18. The van der Waals surface area contributed by atoms with Crippen molar-refractivity contribution in [3.8, 4) is 5.69 Å². The summed E-state index contributed by atoms with van der Waals surface area (Å²) in [5.41, 5.74) is 4.88. The Balaban J connectivity index is 1.77. The molecule has 29 heavy (non-hydrogen) atoms. The number of anilines is 2. The molecular formula is C21H24ClN5OS. The summed E-state index contributed by atoms with van der Waals surface area (Å²) in [4.78, 5) is 14.5. The van der Waals surface area contributed by atoms with Gasteiger partial charge in [0.25, 0.3) is 0 Å². The maximum Gasteiger partial charge on any atom is 0.234 e. The first-order chi connectivity index (χ1) is 13.8. The fourth-order valence-electron chi connectivity index (χ4n) is 2.99. The number of halogens is 1. The topological polar surface area (TPSA) is 63.1 Å². The summed E-state index contributed by atoms with van der Waals surface area (Å²) in [5.74, 6) is 0.863. The molecular weight excluding hydrogens is 406 g/mol. The third kappa shape index (κ3) is 4.92. The smallest absolute Gasteiger partial charge is 0.234 e. The molecule has 2 aromatic carbocycles. The summed E-state index contributed by atoms with van der Waals surface area (Å²) in [6, 6.07) is 11.7. The summed E-state index contributed by atoms with van der Waals surface area (Å²) in [7, 11) is 3.84. The van der Waals surface area contributed by atoms with E-state index in [1.165, 1.54) is 11.8 Å². The Kier molecular flexibility index (Phi) is 6.49. The van der Waals surface area contributed by atoms with Crippen LogP contribution < -0.4 is 10.2 Å². The number of nitrogens with zero attached hydrogens (tertiary/aromatic N) is 4. The number of nitrogens with one attached hydrogen (secondary N) is 1. The maximum absolute atomic E-state index is 12.6. The zero-order valence-corrected chi connectivity index (χ0v) is 18.7. The number of thioether (sulfide) groups is 1. The minimum atomic E-state index is -0.131. The SMILES string of the molecule is Cc1ccc(C)c(-n2c(C)nnc2SCC(=O)Nc2cc(Cl)ccc2N(C)C)c1. The molecule has 0 saturated carbocycles. The second-order valence-electron chi connectivity index (χ2n) is 7.05. The Morgan fingerprint density at radius 3 is 2.62 bits per heavy atom. The van der Waals surface area contributed by atoms with Gasteiger partial charge in [-0.15, -0.1) is 10.2 Å². The predicted molar refractivity (Wildman–Crippen MR) is 121 cm³/mol. The van der Waals surface area contributed by atoms with Crippen LogP contribution in [0.1, 0.15) is 17.0 Å². The summed E-state index contributed by atoms with van der Waals surface area (Å²) < 4.78 is 1.99. The molecule has 0 fully saturated rings. The molecule has 0 spiro atoms. The first kappa shape index (κ1) is 21.2. The number of benzene rings is 2. The van der Waals surface area contributed by atoms with Crippen molar-refractivity contribution < 1.29 is 4.79 Å². The highest BCUT2D eigenvalue weighted by Gasteiger charge is 2.16. The van der Waals surface area contributed by atoms with E-state index in [0.29, 0.717) is 15.9 Å². The van der Waals surface area contributed by atoms with E-state index in [0.717, 1.165) is 28.3 Å². The minimum absolute atomic E-state index is 0.131. The maximum atomic E-state index is 12.6. The van der Waals surface area contributed by atoms with Crippen LogP contribution >= 0.6 is 23.4 Å². The van der Waals surface area contributed by atoms with Crippen molar-refractivity contribution in [3.63, 3.8) is 0 Å². The Morgan fingerprint density at radius 2 is 1.90 bits per heavy atom. The second kappa shape index (κ2) is 8.88. The van der Waals surface area contributed by atoms with Crippen LogP contribution in [0.25, 0.3) is 5.69 Å². The van der Waals surface area contributed by atoms with E-state index in [1.54, 1.807) is 12.1 Å². The van der Waals surface area contributed by atoms with Crippen LogP contribution in [0.2, 0.25) is 5.02 Å². The second-order valence-corrected chi connectivity index (χ2v) is 8.43. The van der Waals surface area contributed by atoms with Gasteiger partial charge >= 0.3 is 0 Å². The Labute approximate surface area is 180 Å². The molecule has 0 unspecified atom stereocenters. The number of aryl methyl sites for hydroxylation is 3. The summed E-state index contributed by atoms with van der Waals surface area (Å²) in [6.07, 6.45) is 0. The van der Waals surface area contributed by atoms with E-state index in [-0.39, 0.29) is 11.7 Å². The van der Waals surface area contributed by atoms with Gasteiger partial charge in [0.15, 0.2) is 5.16 Å². The fraction of sp³-hybridized carbons (Fsp3) is 0.286. The highest BCUT2D eigenvalue weighted by atomic mass is 35.5. The molecule has 0 aliphatic rings.